The minimum atomic E-state index is -3.54. The maximum absolute atomic E-state index is 11.9. The lowest BCUT2D eigenvalue weighted by Crippen LogP contribution is -2.40. The number of benzene rings is 1. The first-order chi connectivity index (χ1) is 10.2. The Kier molecular flexibility index (Phi) is 6.67. The van der Waals surface area contributed by atoms with Gasteiger partial charge in [0.2, 0.25) is 15.9 Å². The summed E-state index contributed by atoms with van der Waals surface area (Å²) in [6.45, 7) is 4.43. The lowest BCUT2D eigenvalue weighted by Gasteiger charge is -2.22. The minimum Gasteiger partial charge on any atom is -0.497 e. The van der Waals surface area contributed by atoms with Crippen molar-refractivity contribution in [2.45, 2.75) is 20.3 Å². The molecule has 0 saturated carbocycles. The lowest BCUT2D eigenvalue weighted by molar-refractivity contribution is -0.119. The van der Waals surface area contributed by atoms with Crippen molar-refractivity contribution in [2.24, 2.45) is 5.92 Å². The molecule has 0 heterocycles. The van der Waals surface area contributed by atoms with Gasteiger partial charge in [0.1, 0.15) is 12.3 Å². The molecule has 1 rings (SSSR count). The smallest absolute Gasteiger partial charge is 0.240 e. The fourth-order valence-corrected chi connectivity index (χ4v) is 2.69. The average molecular weight is 328 g/mol. The van der Waals surface area contributed by atoms with E-state index in [1.807, 2.05) is 0 Å². The lowest BCUT2D eigenvalue weighted by atomic mass is 10.1. The third kappa shape index (κ3) is 5.93. The molecule has 0 atom stereocenters. The van der Waals surface area contributed by atoms with Gasteiger partial charge in [-0.15, -0.1) is 0 Å². The number of sulfonamides is 1. The molecule has 6 nitrogen and oxygen atoms in total. The van der Waals surface area contributed by atoms with Crippen LogP contribution in [0.1, 0.15) is 20.3 Å². The van der Waals surface area contributed by atoms with Crippen molar-refractivity contribution < 1.29 is 17.9 Å². The fraction of sp³-hybridized carbons (Fsp3) is 0.533. The van der Waals surface area contributed by atoms with Gasteiger partial charge in [-0.2, -0.15) is 0 Å². The number of methoxy groups -OCH3 is 1. The first-order valence-corrected chi connectivity index (χ1v) is 8.97. The molecule has 7 heteroatoms. The van der Waals surface area contributed by atoms with E-state index >= 15 is 0 Å². The maximum atomic E-state index is 11.9. The van der Waals surface area contributed by atoms with E-state index in [0.717, 1.165) is 17.0 Å². The molecule has 1 aromatic carbocycles. The third-order valence-corrected chi connectivity index (χ3v) is 4.23. The zero-order chi connectivity index (χ0) is 16.8. The van der Waals surface area contributed by atoms with E-state index in [1.165, 1.54) is 7.11 Å². The monoisotopic (exact) mass is 328 g/mol. The normalized spacial score (nSPS) is 11.3. The Hall–Kier alpha value is -1.76. The van der Waals surface area contributed by atoms with Crippen LogP contribution in [0.25, 0.3) is 0 Å². The number of hydrogen-bond acceptors (Lipinski definition) is 4. The van der Waals surface area contributed by atoms with Crippen molar-refractivity contribution in [3.63, 3.8) is 0 Å². The van der Waals surface area contributed by atoms with Gasteiger partial charge >= 0.3 is 0 Å². The molecule has 0 fully saturated rings. The van der Waals surface area contributed by atoms with E-state index in [2.05, 4.69) is 19.2 Å². The minimum absolute atomic E-state index is 0.233. The Bertz CT molecular complexity index is 582. The average Bonchev–Trinajstić information content (AvgIpc) is 2.43. The van der Waals surface area contributed by atoms with Gasteiger partial charge in [-0.25, -0.2) is 8.42 Å². The number of amides is 1. The Morgan fingerprint density at radius 1 is 1.27 bits per heavy atom. The maximum Gasteiger partial charge on any atom is 0.240 e. The van der Waals surface area contributed by atoms with Crippen molar-refractivity contribution in [2.75, 3.05) is 30.8 Å². The van der Waals surface area contributed by atoms with E-state index in [9.17, 15) is 13.2 Å². The largest absolute Gasteiger partial charge is 0.497 e. The summed E-state index contributed by atoms with van der Waals surface area (Å²) in [4.78, 5) is 11.9. The number of hydrogen-bond donors (Lipinski definition) is 1. The van der Waals surface area contributed by atoms with Crippen LogP contribution >= 0.6 is 0 Å². The second-order valence-electron chi connectivity index (χ2n) is 5.50. The van der Waals surface area contributed by atoms with Crippen LogP contribution in [0.15, 0.2) is 24.3 Å². The van der Waals surface area contributed by atoms with E-state index in [-0.39, 0.29) is 12.5 Å². The molecule has 0 spiro atoms. The number of ether oxygens (including phenoxy) is 1. The van der Waals surface area contributed by atoms with Crippen molar-refractivity contribution in [3.05, 3.63) is 24.3 Å². The van der Waals surface area contributed by atoms with Gasteiger partial charge in [0.15, 0.2) is 0 Å². The molecule has 0 bridgehead atoms. The van der Waals surface area contributed by atoms with E-state index < -0.39 is 10.0 Å². The van der Waals surface area contributed by atoms with Crippen LogP contribution < -0.4 is 14.4 Å². The van der Waals surface area contributed by atoms with Crippen molar-refractivity contribution in [1.82, 2.24) is 5.32 Å². The van der Waals surface area contributed by atoms with E-state index in [4.69, 9.17) is 4.74 Å². The first-order valence-electron chi connectivity index (χ1n) is 7.12. The third-order valence-electron chi connectivity index (χ3n) is 3.09. The predicted octanol–water partition coefficient (Wildman–Crippen LogP) is 1.62. The molecule has 0 aliphatic carbocycles. The van der Waals surface area contributed by atoms with Crippen LogP contribution in [0.3, 0.4) is 0 Å². The predicted molar refractivity (Wildman–Crippen MR) is 87.6 cm³/mol. The molecule has 0 aromatic heterocycles. The molecule has 1 aromatic rings. The summed E-state index contributed by atoms with van der Waals surface area (Å²) >= 11 is 0. The molecule has 1 amide bonds. The fourth-order valence-electron chi connectivity index (χ4n) is 1.84. The number of carbonyl (C=O) groups is 1. The van der Waals surface area contributed by atoms with Crippen LogP contribution in [0.2, 0.25) is 0 Å². The highest BCUT2D eigenvalue weighted by molar-refractivity contribution is 7.92. The summed E-state index contributed by atoms with van der Waals surface area (Å²) < 4.78 is 30.0. The van der Waals surface area contributed by atoms with E-state index in [1.54, 1.807) is 24.3 Å². The highest BCUT2D eigenvalue weighted by Gasteiger charge is 2.20. The highest BCUT2D eigenvalue weighted by atomic mass is 32.2. The second kappa shape index (κ2) is 8.03. The summed E-state index contributed by atoms with van der Waals surface area (Å²) in [6, 6.07) is 6.54. The number of nitrogens with one attached hydrogen (secondary N) is 1. The van der Waals surface area contributed by atoms with Crippen LogP contribution in [-0.2, 0) is 14.8 Å². The van der Waals surface area contributed by atoms with Gasteiger partial charge in [0, 0.05) is 6.54 Å². The number of nitrogens with zero attached hydrogens (tertiary/aromatic N) is 1. The molecule has 1 N–H and O–H groups in total. The van der Waals surface area contributed by atoms with Gasteiger partial charge in [-0.1, -0.05) is 13.8 Å². The van der Waals surface area contributed by atoms with Gasteiger partial charge in [-0.05, 0) is 36.6 Å². The molecule has 0 saturated heterocycles. The molecule has 22 heavy (non-hydrogen) atoms. The Morgan fingerprint density at radius 3 is 2.32 bits per heavy atom. The number of anilines is 1. The number of rotatable bonds is 8. The first kappa shape index (κ1) is 18.3. The SMILES string of the molecule is COc1ccc(N(CC(=O)NCCC(C)C)S(C)(=O)=O)cc1. The second-order valence-corrected chi connectivity index (χ2v) is 7.41. The summed E-state index contributed by atoms with van der Waals surface area (Å²) in [7, 11) is -2.01. The van der Waals surface area contributed by atoms with Gasteiger partial charge < -0.3 is 10.1 Å². The highest BCUT2D eigenvalue weighted by Crippen LogP contribution is 2.21. The van der Waals surface area contributed by atoms with Crippen molar-refractivity contribution in [3.8, 4) is 5.75 Å². The summed E-state index contributed by atoms with van der Waals surface area (Å²) in [5.41, 5.74) is 0.433. The molecular weight excluding hydrogens is 304 g/mol. The van der Waals surface area contributed by atoms with Gasteiger partial charge in [0.25, 0.3) is 0 Å². The standard InChI is InChI=1S/C15H24N2O4S/c1-12(2)9-10-16-15(18)11-17(22(4,19)20)13-5-7-14(21-3)8-6-13/h5-8,12H,9-11H2,1-4H3,(H,16,18). The van der Waals surface area contributed by atoms with Crippen molar-refractivity contribution >= 4 is 21.6 Å². The Balaban J connectivity index is 2.79. The van der Waals surface area contributed by atoms with Crippen LogP contribution in [0, 0.1) is 5.92 Å². The molecule has 0 radical (unpaired) electrons. The molecule has 0 aliphatic rings. The molecular formula is C15H24N2O4S. The molecule has 0 aliphatic heterocycles. The molecule has 0 unspecified atom stereocenters. The van der Waals surface area contributed by atoms with E-state index in [0.29, 0.717) is 23.9 Å². The van der Waals surface area contributed by atoms with Gasteiger partial charge in [-0.3, -0.25) is 9.10 Å². The Labute approximate surface area is 132 Å². The zero-order valence-corrected chi connectivity index (χ0v) is 14.3. The number of carbonyl (C=O) groups excluding carboxylic acids is 1. The zero-order valence-electron chi connectivity index (χ0n) is 13.5. The van der Waals surface area contributed by atoms with Crippen molar-refractivity contribution in [1.29, 1.82) is 0 Å². The summed E-state index contributed by atoms with van der Waals surface area (Å²) in [5, 5.41) is 2.74. The Morgan fingerprint density at radius 2 is 1.86 bits per heavy atom. The van der Waals surface area contributed by atoms with Crippen LogP contribution in [-0.4, -0.2) is 40.8 Å². The summed E-state index contributed by atoms with van der Waals surface area (Å²) in [5.74, 6) is 0.786. The van der Waals surface area contributed by atoms with Crippen LogP contribution in [0.4, 0.5) is 5.69 Å². The quantitative estimate of drug-likeness (QED) is 0.787. The van der Waals surface area contributed by atoms with Gasteiger partial charge in [0.05, 0.1) is 19.1 Å². The topological polar surface area (TPSA) is 75.7 Å². The van der Waals surface area contributed by atoms with Crippen LogP contribution in [0.5, 0.6) is 5.75 Å². The molecule has 124 valence electrons. The summed E-state index contributed by atoms with van der Waals surface area (Å²) in [6.07, 6.45) is 1.94.